The number of carbonyl (C=O) groups is 1. The van der Waals surface area contributed by atoms with Gasteiger partial charge in [-0.1, -0.05) is 36.4 Å². The molecule has 0 radical (unpaired) electrons. The Kier molecular flexibility index (Phi) is 8.31. The number of thioether (sulfide) groups is 1. The fraction of sp³-hybridized carbons (Fsp3) is 0.350. The van der Waals surface area contributed by atoms with Crippen molar-refractivity contribution < 1.29 is 14.3 Å². The summed E-state index contributed by atoms with van der Waals surface area (Å²) in [4.78, 5) is 12.1. The molecule has 0 fully saturated rings. The standard InChI is InChI=1S/C20H26N2O3S/c1-24-18-9-8-15(12-19(18)25-2)10-11-22-20(23)17(21)14-26-13-16-6-4-3-5-7-16/h3-9,12,17H,10-11,13-14,21H2,1-2H3,(H,22,23)/t17-/m1/s1. The normalized spacial score (nSPS) is 11.7. The first-order valence-corrected chi connectivity index (χ1v) is 9.65. The predicted octanol–water partition coefficient (Wildman–Crippen LogP) is 2.62. The molecule has 2 rings (SSSR count). The second-order valence-corrected chi connectivity index (χ2v) is 6.87. The molecule has 0 aliphatic rings. The molecule has 5 nitrogen and oxygen atoms in total. The highest BCUT2D eigenvalue weighted by Gasteiger charge is 2.13. The molecule has 1 atom stereocenters. The number of nitrogens with one attached hydrogen (secondary N) is 1. The van der Waals surface area contributed by atoms with E-state index < -0.39 is 6.04 Å². The van der Waals surface area contributed by atoms with E-state index >= 15 is 0 Å². The van der Waals surface area contributed by atoms with Crippen molar-refractivity contribution in [3.63, 3.8) is 0 Å². The molecule has 0 saturated carbocycles. The van der Waals surface area contributed by atoms with Crippen LogP contribution in [0.3, 0.4) is 0 Å². The molecule has 0 saturated heterocycles. The van der Waals surface area contributed by atoms with Crippen molar-refractivity contribution in [3.05, 3.63) is 59.7 Å². The van der Waals surface area contributed by atoms with Gasteiger partial charge in [0.15, 0.2) is 11.5 Å². The molecule has 2 aromatic carbocycles. The molecule has 0 aromatic heterocycles. The lowest BCUT2D eigenvalue weighted by atomic mass is 10.1. The van der Waals surface area contributed by atoms with Crippen molar-refractivity contribution in [1.29, 1.82) is 0 Å². The quantitative estimate of drug-likeness (QED) is 0.669. The third kappa shape index (κ3) is 6.28. The summed E-state index contributed by atoms with van der Waals surface area (Å²) in [6.45, 7) is 0.533. The first-order valence-electron chi connectivity index (χ1n) is 8.50. The molecule has 6 heteroatoms. The van der Waals surface area contributed by atoms with Crippen LogP contribution in [0.5, 0.6) is 11.5 Å². The highest BCUT2D eigenvalue weighted by molar-refractivity contribution is 7.98. The van der Waals surface area contributed by atoms with Crippen LogP contribution in [0.15, 0.2) is 48.5 Å². The summed E-state index contributed by atoms with van der Waals surface area (Å²) in [6.07, 6.45) is 0.704. The Bertz CT molecular complexity index is 695. The third-order valence-corrected chi connectivity index (χ3v) is 5.04. The SMILES string of the molecule is COc1ccc(CCNC(=O)[C@H](N)CSCc2ccccc2)cc1OC. The van der Waals surface area contributed by atoms with Crippen LogP contribution in [0.1, 0.15) is 11.1 Å². The number of nitrogens with two attached hydrogens (primary N) is 1. The second-order valence-electron chi connectivity index (χ2n) is 5.84. The summed E-state index contributed by atoms with van der Waals surface area (Å²) in [7, 11) is 3.21. The van der Waals surface area contributed by atoms with E-state index in [4.69, 9.17) is 15.2 Å². The van der Waals surface area contributed by atoms with Crippen LogP contribution in [0.25, 0.3) is 0 Å². The Morgan fingerprint density at radius 3 is 2.50 bits per heavy atom. The number of benzene rings is 2. The molecule has 0 heterocycles. The van der Waals surface area contributed by atoms with Gasteiger partial charge in [0.25, 0.3) is 0 Å². The molecular formula is C20H26N2O3S. The van der Waals surface area contributed by atoms with E-state index in [-0.39, 0.29) is 5.91 Å². The maximum Gasteiger partial charge on any atom is 0.237 e. The van der Waals surface area contributed by atoms with Gasteiger partial charge in [-0.3, -0.25) is 4.79 Å². The van der Waals surface area contributed by atoms with Gasteiger partial charge in [-0.05, 0) is 29.7 Å². The summed E-state index contributed by atoms with van der Waals surface area (Å²) in [5.41, 5.74) is 8.27. The van der Waals surface area contributed by atoms with E-state index in [1.807, 2.05) is 36.4 Å². The van der Waals surface area contributed by atoms with Gasteiger partial charge in [0, 0.05) is 18.1 Å². The highest BCUT2D eigenvalue weighted by atomic mass is 32.2. The maximum absolute atomic E-state index is 12.1. The van der Waals surface area contributed by atoms with Gasteiger partial charge in [-0.25, -0.2) is 0 Å². The summed E-state index contributed by atoms with van der Waals surface area (Å²) >= 11 is 1.67. The van der Waals surface area contributed by atoms with Gasteiger partial charge in [0.05, 0.1) is 20.3 Å². The van der Waals surface area contributed by atoms with E-state index in [1.54, 1.807) is 26.0 Å². The number of rotatable bonds is 10. The second kappa shape index (κ2) is 10.7. The Morgan fingerprint density at radius 2 is 1.81 bits per heavy atom. The number of methoxy groups -OCH3 is 2. The number of ether oxygens (including phenoxy) is 2. The molecule has 0 spiro atoms. The first kappa shape index (κ1) is 20.1. The molecule has 26 heavy (non-hydrogen) atoms. The molecule has 3 N–H and O–H groups in total. The lowest BCUT2D eigenvalue weighted by molar-refractivity contribution is -0.121. The van der Waals surface area contributed by atoms with E-state index in [0.29, 0.717) is 30.2 Å². The summed E-state index contributed by atoms with van der Waals surface area (Å²) < 4.78 is 10.5. The van der Waals surface area contributed by atoms with Crippen LogP contribution >= 0.6 is 11.8 Å². The summed E-state index contributed by atoms with van der Waals surface area (Å²) in [6, 6.07) is 15.4. The van der Waals surface area contributed by atoms with E-state index in [9.17, 15) is 4.79 Å². The lowest BCUT2D eigenvalue weighted by Crippen LogP contribution is -2.43. The van der Waals surface area contributed by atoms with E-state index in [2.05, 4.69) is 17.4 Å². The van der Waals surface area contributed by atoms with Crippen LogP contribution < -0.4 is 20.5 Å². The van der Waals surface area contributed by atoms with E-state index in [1.165, 1.54) is 5.56 Å². The predicted molar refractivity (Wildman–Crippen MR) is 107 cm³/mol. The van der Waals surface area contributed by atoms with Gasteiger partial charge in [0.2, 0.25) is 5.91 Å². The average Bonchev–Trinajstić information content (AvgIpc) is 2.68. The molecule has 1 amide bonds. The zero-order valence-electron chi connectivity index (χ0n) is 15.2. The van der Waals surface area contributed by atoms with Crippen LogP contribution in [0.2, 0.25) is 0 Å². The Morgan fingerprint density at radius 1 is 1.08 bits per heavy atom. The highest BCUT2D eigenvalue weighted by Crippen LogP contribution is 2.27. The molecule has 0 bridgehead atoms. The van der Waals surface area contributed by atoms with E-state index in [0.717, 1.165) is 11.3 Å². The Labute approximate surface area is 159 Å². The fourth-order valence-electron chi connectivity index (χ4n) is 2.45. The van der Waals surface area contributed by atoms with Crippen molar-refractivity contribution in [1.82, 2.24) is 5.32 Å². The molecule has 0 aliphatic carbocycles. The molecule has 2 aromatic rings. The van der Waals surface area contributed by atoms with Crippen LogP contribution in [-0.2, 0) is 17.0 Å². The lowest BCUT2D eigenvalue weighted by Gasteiger charge is -2.13. The van der Waals surface area contributed by atoms with Gasteiger partial charge in [0.1, 0.15) is 0 Å². The van der Waals surface area contributed by atoms with Gasteiger partial charge >= 0.3 is 0 Å². The molecule has 0 aliphatic heterocycles. The smallest absolute Gasteiger partial charge is 0.237 e. The zero-order chi connectivity index (χ0) is 18.8. The monoisotopic (exact) mass is 374 g/mol. The van der Waals surface area contributed by atoms with Crippen molar-refractivity contribution in [2.45, 2.75) is 18.2 Å². The Balaban J connectivity index is 1.70. The van der Waals surface area contributed by atoms with Crippen LogP contribution in [0, 0.1) is 0 Å². The van der Waals surface area contributed by atoms with Crippen molar-refractivity contribution in [2.24, 2.45) is 5.73 Å². The fourth-order valence-corrected chi connectivity index (χ4v) is 3.40. The summed E-state index contributed by atoms with van der Waals surface area (Å²) in [5, 5.41) is 2.90. The van der Waals surface area contributed by atoms with Crippen LogP contribution in [-0.4, -0.2) is 38.5 Å². The zero-order valence-corrected chi connectivity index (χ0v) is 16.1. The van der Waals surface area contributed by atoms with Gasteiger partial charge < -0.3 is 20.5 Å². The largest absolute Gasteiger partial charge is 0.493 e. The molecule has 0 unspecified atom stereocenters. The molecule has 140 valence electrons. The van der Waals surface area contributed by atoms with Gasteiger partial charge in [-0.2, -0.15) is 11.8 Å². The minimum Gasteiger partial charge on any atom is -0.493 e. The topological polar surface area (TPSA) is 73.6 Å². The minimum absolute atomic E-state index is 0.119. The number of carbonyl (C=O) groups excluding carboxylic acids is 1. The number of amides is 1. The average molecular weight is 375 g/mol. The van der Waals surface area contributed by atoms with Crippen molar-refractivity contribution >= 4 is 17.7 Å². The van der Waals surface area contributed by atoms with Crippen molar-refractivity contribution in [2.75, 3.05) is 26.5 Å². The molecular weight excluding hydrogens is 348 g/mol. The third-order valence-electron chi connectivity index (χ3n) is 3.91. The number of hydrogen-bond acceptors (Lipinski definition) is 5. The number of hydrogen-bond donors (Lipinski definition) is 2. The maximum atomic E-state index is 12.1. The first-order chi connectivity index (χ1) is 12.6. The van der Waals surface area contributed by atoms with Crippen molar-refractivity contribution in [3.8, 4) is 11.5 Å². The Hall–Kier alpha value is -2.18. The van der Waals surface area contributed by atoms with Gasteiger partial charge in [-0.15, -0.1) is 0 Å². The minimum atomic E-state index is -0.505. The van der Waals surface area contributed by atoms with Crippen LogP contribution in [0.4, 0.5) is 0 Å². The summed E-state index contributed by atoms with van der Waals surface area (Å²) in [5.74, 6) is 2.71.